The average Bonchev–Trinajstić information content (AvgIpc) is 2.84. The van der Waals surface area contributed by atoms with E-state index in [0.29, 0.717) is 18.2 Å². The van der Waals surface area contributed by atoms with E-state index in [2.05, 4.69) is 47.4 Å². The third-order valence-electron chi connectivity index (χ3n) is 5.62. The molecule has 0 aromatic heterocycles. The van der Waals surface area contributed by atoms with E-state index < -0.39 is 11.9 Å². The molecule has 1 heterocycles. The molecule has 1 aliphatic heterocycles. The highest BCUT2D eigenvalue weighted by molar-refractivity contribution is 5.89. The third-order valence-corrected chi connectivity index (χ3v) is 5.62. The Hall–Kier alpha value is -3.65. The molecule has 1 saturated heterocycles. The Bertz CT molecular complexity index is 935. The van der Waals surface area contributed by atoms with Crippen LogP contribution in [0.25, 0.3) is 0 Å². The molecule has 3 rings (SSSR count). The number of carbonyl (C=O) groups excluding carboxylic acids is 1. The standard InChI is InChI=1S/C22H28N2O2.C4H4O4/c1-18(25)23-14-16-24(17-15-23)22(13-8-19-6-4-3-5-7-19)20-9-11-21(26-2)12-10-20;5-3(6)1-2-4(7)8/h3-7,9-12,22H,8,13-17H2,1-2H3;1-2H,(H,5,6)(H,7,8)/b;2-1+. The van der Waals surface area contributed by atoms with Crippen molar-refractivity contribution in [1.82, 2.24) is 9.80 Å². The molecule has 1 unspecified atom stereocenters. The zero-order valence-electron chi connectivity index (χ0n) is 19.6. The summed E-state index contributed by atoms with van der Waals surface area (Å²) in [6.07, 6.45) is 3.23. The van der Waals surface area contributed by atoms with E-state index in [9.17, 15) is 14.4 Å². The maximum atomic E-state index is 11.6. The molecule has 0 spiro atoms. The molecule has 0 aliphatic carbocycles. The first-order chi connectivity index (χ1) is 16.3. The normalized spacial score (nSPS) is 14.7. The highest BCUT2D eigenvalue weighted by Crippen LogP contribution is 2.28. The van der Waals surface area contributed by atoms with E-state index in [4.69, 9.17) is 14.9 Å². The van der Waals surface area contributed by atoms with Gasteiger partial charge >= 0.3 is 11.9 Å². The number of hydrogen-bond donors (Lipinski definition) is 2. The molecule has 8 nitrogen and oxygen atoms in total. The average molecular weight is 469 g/mol. The highest BCUT2D eigenvalue weighted by Gasteiger charge is 2.25. The zero-order valence-corrected chi connectivity index (χ0v) is 19.6. The Balaban J connectivity index is 0.000000440. The second kappa shape index (κ2) is 13.8. The predicted octanol–water partition coefficient (Wildman–Crippen LogP) is 3.25. The molecule has 2 aromatic carbocycles. The van der Waals surface area contributed by atoms with E-state index in [1.807, 2.05) is 17.0 Å². The van der Waals surface area contributed by atoms with Gasteiger partial charge in [-0.05, 0) is 36.1 Å². The first-order valence-corrected chi connectivity index (χ1v) is 11.1. The molecule has 8 heteroatoms. The van der Waals surface area contributed by atoms with Gasteiger partial charge in [-0.2, -0.15) is 0 Å². The van der Waals surface area contributed by atoms with Gasteiger partial charge in [0.15, 0.2) is 0 Å². The Morgan fingerprint density at radius 2 is 1.47 bits per heavy atom. The maximum Gasteiger partial charge on any atom is 0.328 e. The number of piperazine rings is 1. The Kier molecular flexibility index (Phi) is 10.8. The van der Waals surface area contributed by atoms with E-state index in [1.165, 1.54) is 11.1 Å². The first-order valence-electron chi connectivity index (χ1n) is 11.1. The Morgan fingerprint density at radius 1 is 0.912 bits per heavy atom. The number of carboxylic acid groups (broad SMARTS) is 2. The molecule has 2 aromatic rings. The molecule has 1 aliphatic rings. The zero-order chi connectivity index (χ0) is 24.9. The van der Waals surface area contributed by atoms with E-state index >= 15 is 0 Å². The second-order valence-corrected chi connectivity index (χ2v) is 7.87. The van der Waals surface area contributed by atoms with Crippen LogP contribution in [0.1, 0.15) is 30.5 Å². The van der Waals surface area contributed by atoms with Crippen molar-refractivity contribution in [2.24, 2.45) is 0 Å². The van der Waals surface area contributed by atoms with Crippen LogP contribution in [-0.4, -0.2) is 71.1 Å². The van der Waals surface area contributed by atoms with Crippen molar-refractivity contribution in [2.45, 2.75) is 25.8 Å². The third kappa shape index (κ3) is 9.07. The van der Waals surface area contributed by atoms with Gasteiger partial charge in [-0.3, -0.25) is 9.69 Å². The fraction of sp³-hybridized carbons (Fsp3) is 0.346. The van der Waals surface area contributed by atoms with Crippen molar-refractivity contribution in [2.75, 3.05) is 33.3 Å². The van der Waals surface area contributed by atoms with Crippen LogP contribution in [0.5, 0.6) is 5.75 Å². The molecule has 1 fully saturated rings. The fourth-order valence-electron chi connectivity index (χ4n) is 3.83. The van der Waals surface area contributed by atoms with Crippen molar-refractivity contribution in [1.29, 1.82) is 0 Å². The number of methoxy groups -OCH3 is 1. The lowest BCUT2D eigenvalue weighted by molar-refractivity contribution is -0.134. The Labute approximate surface area is 200 Å². The number of aliphatic carboxylic acids is 2. The SMILES string of the molecule is COc1ccc(C(CCc2ccccc2)N2CCN(C(C)=O)CC2)cc1.O=C(O)/C=C/C(=O)O. The lowest BCUT2D eigenvalue weighted by atomic mass is 9.96. The number of carboxylic acids is 2. The van der Waals surface area contributed by atoms with Gasteiger partial charge in [-0.15, -0.1) is 0 Å². The van der Waals surface area contributed by atoms with Crippen molar-refractivity contribution in [3.8, 4) is 5.75 Å². The molecular weight excluding hydrogens is 436 g/mol. The number of nitrogens with zero attached hydrogens (tertiary/aromatic N) is 2. The van der Waals surface area contributed by atoms with Gasteiger partial charge in [0.25, 0.3) is 0 Å². The van der Waals surface area contributed by atoms with Gasteiger partial charge in [0.1, 0.15) is 5.75 Å². The topological polar surface area (TPSA) is 107 Å². The van der Waals surface area contributed by atoms with Crippen LogP contribution in [-0.2, 0) is 20.8 Å². The molecule has 0 saturated carbocycles. The minimum absolute atomic E-state index is 0.176. The van der Waals surface area contributed by atoms with Gasteiger partial charge in [0, 0.05) is 51.3 Å². The molecule has 1 atom stereocenters. The molecule has 34 heavy (non-hydrogen) atoms. The summed E-state index contributed by atoms with van der Waals surface area (Å²) in [7, 11) is 1.70. The second-order valence-electron chi connectivity index (χ2n) is 7.87. The number of amides is 1. The van der Waals surface area contributed by atoms with Crippen molar-refractivity contribution < 1.29 is 29.3 Å². The van der Waals surface area contributed by atoms with Crippen LogP contribution < -0.4 is 4.74 Å². The molecule has 0 bridgehead atoms. The fourth-order valence-corrected chi connectivity index (χ4v) is 3.83. The predicted molar refractivity (Wildman–Crippen MR) is 129 cm³/mol. The minimum atomic E-state index is -1.26. The monoisotopic (exact) mass is 468 g/mol. The number of hydrogen-bond acceptors (Lipinski definition) is 5. The van der Waals surface area contributed by atoms with E-state index in [1.54, 1.807) is 14.0 Å². The van der Waals surface area contributed by atoms with Gasteiger partial charge < -0.3 is 19.8 Å². The van der Waals surface area contributed by atoms with Crippen molar-refractivity contribution in [3.63, 3.8) is 0 Å². The lowest BCUT2D eigenvalue weighted by Crippen LogP contribution is -2.49. The number of carbonyl (C=O) groups is 3. The summed E-state index contributed by atoms with van der Waals surface area (Å²) in [5.41, 5.74) is 2.69. The number of benzene rings is 2. The summed E-state index contributed by atoms with van der Waals surface area (Å²) in [6, 6.07) is 19.4. The summed E-state index contributed by atoms with van der Waals surface area (Å²) in [5, 5.41) is 15.6. The molecule has 182 valence electrons. The highest BCUT2D eigenvalue weighted by atomic mass is 16.5. The summed E-state index contributed by atoms with van der Waals surface area (Å²) >= 11 is 0. The smallest absolute Gasteiger partial charge is 0.328 e. The van der Waals surface area contributed by atoms with Crippen LogP contribution in [0.2, 0.25) is 0 Å². The lowest BCUT2D eigenvalue weighted by Gasteiger charge is -2.39. The molecular formula is C26H32N2O6. The van der Waals surface area contributed by atoms with Crippen molar-refractivity contribution >= 4 is 17.8 Å². The maximum absolute atomic E-state index is 11.6. The van der Waals surface area contributed by atoms with Crippen LogP contribution in [0.3, 0.4) is 0 Å². The van der Waals surface area contributed by atoms with Crippen LogP contribution >= 0.6 is 0 Å². The molecule has 0 radical (unpaired) electrons. The first kappa shape index (κ1) is 26.6. The van der Waals surface area contributed by atoms with Gasteiger partial charge in [0.2, 0.25) is 5.91 Å². The largest absolute Gasteiger partial charge is 0.497 e. The van der Waals surface area contributed by atoms with Crippen LogP contribution in [0.4, 0.5) is 0 Å². The van der Waals surface area contributed by atoms with Crippen LogP contribution in [0, 0.1) is 0 Å². The minimum Gasteiger partial charge on any atom is -0.497 e. The molecule has 1 amide bonds. The van der Waals surface area contributed by atoms with Gasteiger partial charge in [0.05, 0.1) is 7.11 Å². The summed E-state index contributed by atoms with van der Waals surface area (Å²) < 4.78 is 5.31. The molecule has 2 N–H and O–H groups in total. The summed E-state index contributed by atoms with van der Waals surface area (Å²) in [6.45, 7) is 5.13. The quantitative estimate of drug-likeness (QED) is 0.573. The van der Waals surface area contributed by atoms with E-state index in [0.717, 1.165) is 44.8 Å². The van der Waals surface area contributed by atoms with Crippen LogP contribution in [0.15, 0.2) is 66.7 Å². The number of ether oxygens (including phenoxy) is 1. The van der Waals surface area contributed by atoms with Crippen molar-refractivity contribution in [3.05, 3.63) is 77.9 Å². The summed E-state index contributed by atoms with van der Waals surface area (Å²) in [5.74, 6) is -1.45. The number of aryl methyl sites for hydroxylation is 1. The Morgan fingerprint density at radius 3 is 1.94 bits per heavy atom. The van der Waals surface area contributed by atoms with E-state index in [-0.39, 0.29) is 5.91 Å². The summed E-state index contributed by atoms with van der Waals surface area (Å²) in [4.78, 5) is 35.2. The number of rotatable bonds is 8. The van der Waals surface area contributed by atoms with Gasteiger partial charge in [-0.1, -0.05) is 42.5 Å². The van der Waals surface area contributed by atoms with Gasteiger partial charge in [-0.25, -0.2) is 9.59 Å².